The number of hydrogen-bond acceptors (Lipinski definition) is 0. The average Bonchev–Trinajstić information content (AvgIpc) is 2.61. The summed E-state index contributed by atoms with van der Waals surface area (Å²) in [6.07, 6.45) is 0. The lowest BCUT2D eigenvalue weighted by Gasteiger charge is -2.11. The van der Waals surface area contributed by atoms with Crippen LogP contribution >= 0.6 is 0 Å². The molecule has 108 valence electrons. The fraction of sp³-hybridized carbons (Fsp3) is 0. The molecule has 0 radical (unpaired) electrons. The van der Waals surface area contributed by atoms with Crippen LogP contribution in [-0.2, 0) is 0 Å². The molecule has 0 spiro atoms. The van der Waals surface area contributed by atoms with E-state index in [1.807, 2.05) is 0 Å². The van der Waals surface area contributed by atoms with Crippen molar-refractivity contribution in [3.05, 3.63) is 91.0 Å². The van der Waals surface area contributed by atoms with E-state index in [0.717, 1.165) is 0 Å². The smallest absolute Gasteiger partial charge is 0.0877 e. The average molecular weight is 292 g/mol. The molecule has 0 amide bonds. The van der Waals surface area contributed by atoms with E-state index in [0.29, 0.717) is 0 Å². The van der Waals surface area contributed by atoms with Crippen molar-refractivity contribution in [3.8, 4) is 22.3 Å². The standard InChI is InChI=1S/C22H17B/c23-20-14-18(16-7-2-1-3-8-16)13-19(15-20)22-12-6-10-17-9-4-5-11-21(17)22/h1-15H,23H2. The molecule has 4 aromatic rings. The van der Waals surface area contributed by atoms with Gasteiger partial charge in [-0.1, -0.05) is 90.4 Å². The van der Waals surface area contributed by atoms with Crippen LogP contribution in [0.2, 0.25) is 0 Å². The maximum Gasteiger partial charge on any atom is 0.139 e. The molecule has 0 aromatic heterocycles. The van der Waals surface area contributed by atoms with E-state index in [-0.39, 0.29) is 0 Å². The summed E-state index contributed by atoms with van der Waals surface area (Å²) < 4.78 is 0. The van der Waals surface area contributed by atoms with Crippen LogP contribution in [0, 0.1) is 0 Å². The zero-order valence-corrected chi connectivity index (χ0v) is 13.2. The lowest BCUT2D eigenvalue weighted by Crippen LogP contribution is -2.02. The molecular weight excluding hydrogens is 275 g/mol. The van der Waals surface area contributed by atoms with Gasteiger partial charge < -0.3 is 0 Å². The molecule has 0 bridgehead atoms. The van der Waals surface area contributed by atoms with Gasteiger partial charge in [0.15, 0.2) is 0 Å². The summed E-state index contributed by atoms with van der Waals surface area (Å²) in [7, 11) is 2.17. The SMILES string of the molecule is Bc1cc(-c2ccccc2)cc(-c2cccc3ccccc23)c1. The quantitative estimate of drug-likeness (QED) is 0.479. The molecule has 1 heteroatoms. The highest BCUT2D eigenvalue weighted by molar-refractivity contribution is 6.33. The first-order valence-electron chi connectivity index (χ1n) is 7.96. The van der Waals surface area contributed by atoms with Gasteiger partial charge in [0, 0.05) is 0 Å². The highest BCUT2D eigenvalue weighted by atomic mass is 14.1. The van der Waals surface area contributed by atoms with Gasteiger partial charge in [-0.3, -0.25) is 0 Å². The third-order valence-electron chi connectivity index (χ3n) is 4.29. The topological polar surface area (TPSA) is 0 Å². The van der Waals surface area contributed by atoms with Crippen molar-refractivity contribution < 1.29 is 0 Å². The summed E-state index contributed by atoms with van der Waals surface area (Å²) in [5.41, 5.74) is 6.39. The van der Waals surface area contributed by atoms with E-state index in [1.54, 1.807) is 0 Å². The number of benzene rings is 4. The minimum absolute atomic E-state index is 1.26. The van der Waals surface area contributed by atoms with E-state index in [2.05, 4.69) is 98.8 Å². The lowest BCUT2D eigenvalue weighted by molar-refractivity contribution is 1.62. The molecule has 0 heterocycles. The van der Waals surface area contributed by atoms with Crippen LogP contribution in [0.25, 0.3) is 33.0 Å². The van der Waals surface area contributed by atoms with Crippen LogP contribution in [0.5, 0.6) is 0 Å². The summed E-state index contributed by atoms with van der Waals surface area (Å²) in [6.45, 7) is 0. The van der Waals surface area contributed by atoms with E-state index < -0.39 is 0 Å². The first-order valence-corrected chi connectivity index (χ1v) is 7.96. The van der Waals surface area contributed by atoms with E-state index in [4.69, 9.17) is 0 Å². The molecule has 0 saturated heterocycles. The van der Waals surface area contributed by atoms with Crippen LogP contribution in [0.4, 0.5) is 0 Å². The van der Waals surface area contributed by atoms with Crippen LogP contribution in [0.3, 0.4) is 0 Å². The molecule has 0 aliphatic rings. The Morgan fingerprint density at radius 3 is 2.09 bits per heavy atom. The zero-order chi connectivity index (χ0) is 15.6. The first-order chi connectivity index (χ1) is 11.3. The molecule has 0 fully saturated rings. The third kappa shape index (κ3) is 2.66. The Bertz CT molecular complexity index is 966. The van der Waals surface area contributed by atoms with Gasteiger partial charge >= 0.3 is 0 Å². The van der Waals surface area contributed by atoms with Gasteiger partial charge in [-0.05, 0) is 39.1 Å². The Balaban J connectivity index is 1.94. The van der Waals surface area contributed by atoms with Crippen molar-refractivity contribution in [3.63, 3.8) is 0 Å². The maximum atomic E-state index is 2.30. The van der Waals surface area contributed by atoms with Crippen molar-refractivity contribution in [1.29, 1.82) is 0 Å². The van der Waals surface area contributed by atoms with E-state index >= 15 is 0 Å². The largest absolute Gasteiger partial charge is 0.139 e. The highest BCUT2D eigenvalue weighted by Gasteiger charge is 2.06. The van der Waals surface area contributed by atoms with Gasteiger partial charge in [0.05, 0.1) is 0 Å². The molecule has 0 aliphatic carbocycles. The number of rotatable bonds is 2. The van der Waals surface area contributed by atoms with Crippen molar-refractivity contribution >= 4 is 24.1 Å². The summed E-state index contributed by atoms with van der Waals surface area (Å²) in [5.74, 6) is 0. The Hall–Kier alpha value is -2.80. The molecule has 0 saturated carbocycles. The summed E-state index contributed by atoms with van der Waals surface area (Å²) >= 11 is 0. The Kier molecular flexibility index (Phi) is 3.47. The molecule has 0 atom stereocenters. The minimum atomic E-state index is 1.26. The predicted octanol–water partition coefficient (Wildman–Crippen LogP) is 4.43. The van der Waals surface area contributed by atoms with Gasteiger partial charge in [0.1, 0.15) is 7.85 Å². The van der Waals surface area contributed by atoms with Gasteiger partial charge in [0.25, 0.3) is 0 Å². The molecule has 4 rings (SSSR count). The highest BCUT2D eigenvalue weighted by Crippen LogP contribution is 2.30. The Morgan fingerprint density at radius 2 is 1.22 bits per heavy atom. The molecule has 0 nitrogen and oxygen atoms in total. The minimum Gasteiger partial charge on any atom is -0.0877 e. The second kappa shape index (κ2) is 5.77. The van der Waals surface area contributed by atoms with Crippen LogP contribution in [0.1, 0.15) is 0 Å². The van der Waals surface area contributed by atoms with Gasteiger partial charge in [-0.2, -0.15) is 0 Å². The summed E-state index contributed by atoms with van der Waals surface area (Å²) in [6, 6.07) is 32.5. The van der Waals surface area contributed by atoms with Crippen molar-refractivity contribution in [1.82, 2.24) is 0 Å². The molecule has 0 aliphatic heterocycles. The normalized spacial score (nSPS) is 10.8. The van der Waals surface area contributed by atoms with Gasteiger partial charge in [0.2, 0.25) is 0 Å². The molecule has 23 heavy (non-hydrogen) atoms. The fourth-order valence-electron chi connectivity index (χ4n) is 3.21. The van der Waals surface area contributed by atoms with Gasteiger partial charge in [-0.25, -0.2) is 0 Å². The van der Waals surface area contributed by atoms with Crippen molar-refractivity contribution in [2.24, 2.45) is 0 Å². The molecule has 0 unspecified atom stereocenters. The lowest BCUT2D eigenvalue weighted by atomic mass is 9.87. The summed E-state index contributed by atoms with van der Waals surface area (Å²) in [5, 5.41) is 2.59. The molecule has 4 aromatic carbocycles. The maximum absolute atomic E-state index is 2.30. The zero-order valence-electron chi connectivity index (χ0n) is 13.2. The molecule has 0 N–H and O–H groups in total. The van der Waals surface area contributed by atoms with E-state index in [1.165, 1.54) is 38.5 Å². The second-order valence-corrected chi connectivity index (χ2v) is 5.98. The van der Waals surface area contributed by atoms with E-state index in [9.17, 15) is 0 Å². The number of hydrogen-bond donors (Lipinski definition) is 0. The predicted molar refractivity (Wildman–Crippen MR) is 103 cm³/mol. The summed E-state index contributed by atoms with van der Waals surface area (Å²) in [4.78, 5) is 0. The van der Waals surface area contributed by atoms with Crippen molar-refractivity contribution in [2.75, 3.05) is 0 Å². The second-order valence-electron chi connectivity index (χ2n) is 5.98. The fourth-order valence-corrected chi connectivity index (χ4v) is 3.21. The number of fused-ring (bicyclic) bond motifs is 1. The third-order valence-corrected chi connectivity index (χ3v) is 4.29. The van der Waals surface area contributed by atoms with Crippen LogP contribution in [-0.4, -0.2) is 7.85 Å². The van der Waals surface area contributed by atoms with Gasteiger partial charge in [-0.15, -0.1) is 0 Å². The Labute approximate surface area is 137 Å². The molecular formula is C22H17B. The monoisotopic (exact) mass is 292 g/mol. The van der Waals surface area contributed by atoms with Crippen LogP contribution < -0.4 is 5.46 Å². The Morgan fingerprint density at radius 1 is 0.522 bits per heavy atom. The van der Waals surface area contributed by atoms with Crippen molar-refractivity contribution in [2.45, 2.75) is 0 Å². The van der Waals surface area contributed by atoms with Crippen LogP contribution in [0.15, 0.2) is 91.0 Å². The first kappa shape index (κ1) is 13.8.